The van der Waals surface area contributed by atoms with E-state index in [0.29, 0.717) is 0 Å². The fourth-order valence-corrected chi connectivity index (χ4v) is 1.07. The fourth-order valence-electron chi connectivity index (χ4n) is 1.07. The number of rotatable bonds is 8. The van der Waals surface area contributed by atoms with E-state index in [9.17, 15) is 0 Å². The van der Waals surface area contributed by atoms with Crippen LogP contribution in [-0.2, 0) is 0 Å². The Labute approximate surface area is 83.0 Å². The van der Waals surface area contributed by atoms with Gasteiger partial charge in [0, 0.05) is 0 Å². The van der Waals surface area contributed by atoms with Crippen LogP contribution in [0.4, 0.5) is 0 Å². The van der Waals surface area contributed by atoms with Gasteiger partial charge in [-0.2, -0.15) is 0 Å². The van der Waals surface area contributed by atoms with Gasteiger partial charge in [-0.25, -0.2) is 0 Å². The zero-order valence-corrected chi connectivity index (χ0v) is 8.84. The third kappa shape index (κ3) is 11.2. The quantitative estimate of drug-likeness (QED) is 0.375. The van der Waals surface area contributed by atoms with E-state index in [0.717, 1.165) is 6.42 Å². The van der Waals surface area contributed by atoms with Crippen molar-refractivity contribution in [2.75, 3.05) is 0 Å². The van der Waals surface area contributed by atoms with Crippen molar-refractivity contribution in [3.8, 4) is 0 Å². The van der Waals surface area contributed by atoms with Crippen LogP contribution >= 0.6 is 0 Å². The highest BCUT2D eigenvalue weighted by Crippen LogP contribution is 2.00. The number of unbranched alkanes of at least 4 members (excludes halogenated alkanes) is 3. The predicted octanol–water partition coefficient (Wildman–Crippen LogP) is 4.65. The molecule has 13 heavy (non-hydrogen) atoms. The van der Waals surface area contributed by atoms with Gasteiger partial charge in [-0.05, 0) is 32.1 Å². The molecule has 0 aliphatic carbocycles. The molecule has 0 aromatic carbocycles. The molecule has 74 valence electrons. The second-order valence-electron chi connectivity index (χ2n) is 3.19. The molecule has 0 unspecified atom stereocenters. The summed E-state index contributed by atoms with van der Waals surface area (Å²) in [6, 6.07) is 0. The van der Waals surface area contributed by atoms with Crippen LogP contribution in [-0.4, -0.2) is 0 Å². The second-order valence-corrected chi connectivity index (χ2v) is 3.19. The van der Waals surface area contributed by atoms with Gasteiger partial charge >= 0.3 is 0 Å². The predicted molar refractivity (Wildman–Crippen MR) is 61.9 cm³/mol. The third-order valence-electron chi connectivity index (χ3n) is 1.83. The van der Waals surface area contributed by atoms with E-state index < -0.39 is 0 Å². The minimum Gasteiger partial charge on any atom is -0.103 e. The number of hydrogen-bond acceptors (Lipinski definition) is 0. The Hall–Kier alpha value is -0.780. The highest BCUT2D eigenvalue weighted by molar-refractivity contribution is 4.89. The van der Waals surface area contributed by atoms with Crippen LogP contribution in [0.25, 0.3) is 0 Å². The Morgan fingerprint density at radius 2 is 1.54 bits per heavy atom. The molecule has 0 saturated heterocycles. The first-order valence-electron chi connectivity index (χ1n) is 5.32. The molecular weight excluding hydrogens is 156 g/mol. The lowest BCUT2D eigenvalue weighted by molar-refractivity contribution is 0.857. The summed E-state index contributed by atoms with van der Waals surface area (Å²) in [6.07, 6.45) is 18.1. The maximum atomic E-state index is 3.67. The molecule has 0 rings (SSSR count). The lowest BCUT2D eigenvalue weighted by Crippen LogP contribution is -1.69. The summed E-state index contributed by atoms with van der Waals surface area (Å²) in [5.41, 5.74) is 0. The number of allylic oxidation sites excluding steroid dienone is 5. The first-order valence-corrected chi connectivity index (χ1v) is 5.32. The molecule has 0 amide bonds. The highest BCUT2D eigenvalue weighted by Gasteiger charge is 1.80. The molecule has 0 aromatic rings. The van der Waals surface area contributed by atoms with Gasteiger partial charge in [-0.15, -0.1) is 6.58 Å². The Balaban J connectivity index is 3.11. The molecule has 0 saturated carbocycles. The first-order chi connectivity index (χ1) is 6.41. The standard InChI is InChI=1S/C13H22/c1-3-5-7-9-11-13-12-10-8-6-4-2/h3,7-10H,1,4-6,11-13H2,2H3. The Morgan fingerprint density at radius 3 is 2.15 bits per heavy atom. The average Bonchev–Trinajstić information content (AvgIpc) is 2.16. The van der Waals surface area contributed by atoms with Crippen LogP contribution in [0, 0.1) is 0 Å². The van der Waals surface area contributed by atoms with Crippen LogP contribution in [0.2, 0.25) is 0 Å². The molecule has 0 spiro atoms. The zero-order valence-electron chi connectivity index (χ0n) is 8.84. The van der Waals surface area contributed by atoms with Crippen LogP contribution < -0.4 is 0 Å². The van der Waals surface area contributed by atoms with Gasteiger partial charge < -0.3 is 0 Å². The van der Waals surface area contributed by atoms with Crippen molar-refractivity contribution in [3.63, 3.8) is 0 Å². The Bertz CT molecular complexity index is 151. The van der Waals surface area contributed by atoms with Crippen molar-refractivity contribution in [2.24, 2.45) is 0 Å². The van der Waals surface area contributed by atoms with E-state index in [4.69, 9.17) is 0 Å². The molecule has 0 bridgehead atoms. The van der Waals surface area contributed by atoms with Crippen molar-refractivity contribution in [1.29, 1.82) is 0 Å². The van der Waals surface area contributed by atoms with Crippen LogP contribution in [0.5, 0.6) is 0 Å². The van der Waals surface area contributed by atoms with Crippen molar-refractivity contribution in [2.45, 2.75) is 45.4 Å². The van der Waals surface area contributed by atoms with Crippen molar-refractivity contribution in [1.82, 2.24) is 0 Å². The van der Waals surface area contributed by atoms with Gasteiger partial charge in [0.1, 0.15) is 0 Å². The fraction of sp³-hybridized carbons (Fsp3) is 0.538. The van der Waals surface area contributed by atoms with E-state index in [-0.39, 0.29) is 0 Å². The minimum atomic E-state index is 1.01. The molecule has 0 heterocycles. The lowest BCUT2D eigenvalue weighted by atomic mass is 10.2. The van der Waals surface area contributed by atoms with Crippen molar-refractivity contribution >= 4 is 0 Å². The molecule has 0 aliphatic rings. The van der Waals surface area contributed by atoms with Gasteiger partial charge in [0.25, 0.3) is 0 Å². The van der Waals surface area contributed by atoms with Gasteiger partial charge in [0.15, 0.2) is 0 Å². The molecule has 0 atom stereocenters. The van der Waals surface area contributed by atoms with Crippen LogP contribution in [0.1, 0.15) is 45.4 Å². The van der Waals surface area contributed by atoms with E-state index >= 15 is 0 Å². The SMILES string of the molecule is C=CCC=CCCCC=CCCC. The Kier molecular flexibility index (Phi) is 10.5. The summed E-state index contributed by atoms with van der Waals surface area (Å²) in [7, 11) is 0. The Morgan fingerprint density at radius 1 is 0.923 bits per heavy atom. The largest absolute Gasteiger partial charge is 0.103 e. The van der Waals surface area contributed by atoms with Crippen LogP contribution in [0.3, 0.4) is 0 Å². The maximum Gasteiger partial charge on any atom is -0.0172 e. The molecule has 0 fully saturated rings. The lowest BCUT2D eigenvalue weighted by Gasteiger charge is -1.90. The zero-order chi connectivity index (χ0) is 9.78. The maximum absolute atomic E-state index is 3.67. The van der Waals surface area contributed by atoms with Gasteiger partial charge in [0.05, 0.1) is 0 Å². The van der Waals surface area contributed by atoms with Gasteiger partial charge in [-0.3, -0.25) is 0 Å². The molecule has 0 N–H and O–H groups in total. The molecule has 0 aromatic heterocycles. The third-order valence-corrected chi connectivity index (χ3v) is 1.83. The molecule has 0 aliphatic heterocycles. The van der Waals surface area contributed by atoms with E-state index in [1.54, 1.807) is 0 Å². The summed E-state index contributed by atoms with van der Waals surface area (Å²) >= 11 is 0. The molecule has 0 heteroatoms. The van der Waals surface area contributed by atoms with Crippen LogP contribution in [0.15, 0.2) is 37.0 Å². The van der Waals surface area contributed by atoms with E-state index in [1.807, 2.05) is 6.08 Å². The molecular formula is C13H22. The van der Waals surface area contributed by atoms with Crippen molar-refractivity contribution in [3.05, 3.63) is 37.0 Å². The highest BCUT2D eigenvalue weighted by atomic mass is 13.9. The van der Waals surface area contributed by atoms with E-state index in [2.05, 4.69) is 37.8 Å². The molecule has 0 radical (unpaired) electrons. The van der Waals surface area contributed by atoms with Gasteiger partial charge in [-0.1, -0.05) is 43.7 Å². The average molecular weight is 178 g/mol. The van der Waals surface area contributed by atoms with E-state index in [1.165, 1.54) is 32.1 Å². The summed E-state index contributed by atoms with van der Waals surface area (Å²) in [5, 5.41) is 0. The minimum absolute atomic E-state index is 1.01. The first kappa shape index (κ1) is 12.2. The summed E-state index contributed by atoms with van der Waals surface area (Å²) in [5.74, 6) is 0. The summed E-state index contributed by atoms with van der Waals surface area (Å²) in [6.45, 7) is 5.88. The van der Waals surface area contributed by atoms with Crippen molar-refractivity contribution < 1.29 is 0 Å². The smallest absolute Gasteiger partial charge is 0.0172 e. The summed E-state index contributed by atoms with van der Waals surface area (Å²) in [4.78, 5) is 0. The topological polar surface area (TPSA) is 0 Å². The normalized spacial score (nSPS) is 11.5. The monoisotopic (exact) mass is 178 g/mol. The summed E-state index contributed by atoms with van der Waals surface area (Å²) < 4.78 is 0. The second kappa shape index (κ2) is 11.2. The molecule has 0 nitrogen and oxygen atoms in total. The number of hydrogen-bond donors (Lipinski definition) is 0. The van der Waals surface area contributed by atoms with Gasteiger partial charge in [0.2, 0.25) is 0 Å².